The Balaban J connectivity index is 1.34. The molecule has 0 spiro atoms. The highest BCUT2D eigenvalue weighted by molar-refractivity contribution is 7.99. The standard InChI is InChI=1S/C27H31FN2O3S/c1-33-20-8-10-26-23(17-20)22(11-13-29-26)25(28)9-7-19-12-14-30(18-24(19)27(31)32)15-16-34-21-5-3-2-4-6-21/h2-6,8,10-11,13,17,19,24-25H,7,9,12,14-16,18H2,1H3,(H,31,32)/t19-,24+,25?/m1/s1. The minimum Gasteiger partial charge on any atom is -0.497 e. The molecule has 1 aliphatic heterocycles. The van der Waals surface area contributed by atoms with Gasteiger partial charge < -0.3 is 14.7 Å². The number of thioether (sulfide) groups is 1. The first-order valence-electron chi connectivity index (χ1n) is 11.7. The molecule has 180 valence electrons. The fourth-order valence-electron chi connectivity index (χ4n) is 4.77. The zero-order chi connectivity index (χ0) is 23.9. The molecule has 0 saturated carbocycles. The molecule has 1 fully saturated rings. The van der Waals surface area contributed by atoms with Crippen LogP contribution >= 0.6 is 11.8 Å². The van der Waals surface area contributed by atoms with Gasteiger partial charge in [0.15, 0.2) is 0 Å². The average Bonchev–Trinajstić information content (AvgIpc) is 2.87. The van der Waals surface area contributed by atoms with E-state index in [9.17, 15) is 9.90 Å². The van der Waals surface area contributed by atoms with E-state index in [0.717, 1.165) is 36.2 Å². The predicted octanol–water partition coefficient (Wildman–Crippen LogP) is 5.85. The van der Waals surface area contributed by atoms with Crippen LogP contribution < -0.4 is 4.74 Å². The van der Waals surface area contributed by atoms with Crippen molar-refractivity contribution in [2.75, 3.05) is 32.5 Å². The number of halogens is 1. The van der Waals surface area contributed by atoms with Crippen molar-refractivity contribution in [3.05, 3.63) is 66.4 Å². The van der Waals surface area contributed by atoms with Crippen molar-refractivity contribution in [2.45, 2.75) is 30.3 Å². The molecular weight excluding hydrogens is 451 g/mol. The number of methoxy groups -OCH3 is 1. The van der Waals surface area contributed by atoms with Gasteiger partial charge in [0.05, 0.1) is 18.5 Å². The number of aliphatic carboxylic acids is 1. The minimum absolute atomic E-state index is 0.0172. The summed E-state index contributed by atoms with van der Waals surface area (Å²) in [5, 5.41) is 10.6. The molecule has 2 heterocycles. The van der Waals surface area contributed by atoms with Crippen LogP contribution in [0.15, 0.2) is 65.7 Å². The lowest BCUT2D eigenvalue weighted by molar-refractivity contribution is -0.146. The number of pyridine rings is 1. The molecule has 0 aliphatic carbocycles. The molecule has 1 aliphatic rings. The third-order valence-corrected chi connectivity index (χ3v) is 7.68. The summed E-state index contributed by atoms with van der Waals surface area (Å²) in [5.74, 6) is 0.331. The number of alkyl halides is 1. The summed E-state index contributed by atoms with van der Waals surface area (Å²) in [6.07, 6.45) is 2.09. The molecule has 34 heavy (non-hydrogen) atoms. The maximum atomic E-state index is 15.4. The van der Waals surface area contributed by atoms with Crippen molar-refractivity contribution >= 4 is 28.6 Å². The van der Waals surface area contributed by atoms with Crippen molar-refractivity contribution in [2.24, 2.45) is 11.8 Å². The lowest BCUT2D eigenvalue weighted by Crippen LogP contribution is -2.44. The highest BCUT2D eigenvalue weighted by Gasteiger charge is 2.34. The monoisotopic (exact) mass is 482 g/mol. The number of benzene rings is 2. The zero-order valence-corrected chi connectivity index (χ0v) is 20.2. The number of fused-ring (bicyclic) bond motifs is 1. The number of aromatic nitrogens is 1. The molecule has 0 amide bonds. The lowest BCUT2D eigenvalue weighted by atomic mass is 9.81. The number of hydrogen-bond acceptors (Lipinski definition) is 5. The molecule has 1 N–H and O–H groups in total. The van der Waals surface area contributed by atoms with Crippen molar-refractivity contribution in [1.29, 1.82) is 0 Å². The van der Waals surface area contributed by atoms with Gasteiger partial charge >= 0.3 is 5.97 Å². The highest BCUT2D eigenvalue weighted by atomic mass is 32.2. The number of rotatable bonds is 10. The number of carboxylic acid groups (broad SMARTS) is 1. The van der Waals surface area contributed by atoms with Crippen LogP contribution in [0.3, 0.4) is 0 Å². The van der Waals surface area contributed by atoms with Crippen molar-refractivity contribution in [1.82, 2.24) is 9.88 Å². The number of hydrogen-bond donors (Lipinski definition) is 1. The predicted molar refractivity (Wildman–Crippen MR) is 134 cm³/mol. The van der Waals surface area contributed by atoms with E-state index in [1.54, 1.807) is 31.1 Å². The third-order valence-electron chi connectivity index (χ3n) is 6.69. The van der Waals surface area contributed by atoms with E-state index in [1.165, 1.54) is 4.90 Å². The Kier molecular flexibility index (Phi) is 8.40. The lowest BCUT2D eigenvalue weighted by Gasteiger charge is -2.36. The largest absolute Gasteiger partial charge is 0.497 e. The molecule has 1 unspecified atom stereocenters. The molecule has 5 nitrogen and oxygen atoms in total. The van der Waals surface area contributed by atoms with E-state index in [4.69, 9.17) is 4.74 Å². The molecule has 7 heteroatoms. The second-order valence-corrected chi connectivity index (χ2v) is 9.95. The fourth-order valence-corrected chi connectivity index (χ4v) is 5.70. The molecule has 2 aromatic carbocycles. The van der Waals surface area contributed by atoms with Gasteiger partial charge in [0.25, 0.3) is 0 Å². The maximum absolute atomic E-state index is 15.4. The van der Waals surface area contributed by atoms with E-state index in [1.807, 2.05) is 36.4 Å². The smallest absolute Gasteiger partial charge is 0.308 e. The third kappa shape index (κ3) is 6.07. The fraction of sp³-hybridized carbons (Fsp3) is 0.407. The second-order valence-electron chi connectivity index (χ2n) is 8.78. The Morgan fingerprint density at radius 2 is 2.09 bits per heavy atom. The first kappa shape index (κ1) is 24.5. The summed E-state index contributed by atoms with van der Waals surface area (Å²) in [7, 11) is 1.59. The zero-order valence-electron chi connectivity index (χ0n) is 19.4. The van der Waals surface area contributed by atoms with Crippen LogP contribution in [0.25, 0.3) is 10.9 Å². The summed E-state index contributed by atoms with van der Waals surface area (Å²) in [4.78, 5) is 19.8. The van der Waals surface area contributed by atoms with Gasteiger partial charge in [0, 0.05) is 35.3 Å². The Morgan fingerprint density at radius 3 is 2.85 bits per heavy atom. The van der Waals surface area contributed by atoms with Crippen LogP contribution in [0.4, 0.5) is 4.39 Å². The van der Waals surface area contributed by atoms with E-state index < -0.39 is 18.1 Å². The van der Waals surface area contributed by atoms with E-state index in [0.29, 0.717) is 30.7 Å². The summed E-state index contributed by atoms with van der Waals surface area (Å²) < 4.78 is 20.7. The van der Waals surface area contributed by atoms with Gasteiger partial charge in [-0.1, -0.05) is 18.2 Å². The van der Waals surface area contributed by atoms with Crippen LogP contribution in [0.2, 0.25) is 0 Å². The van der Waals surface area contributed by atoms with E-state index >= 15 is 4.39 Å². The number of piperidine rings is 1. The summed E-state index contributed by atoms with van der Waals surface area (Å²) in [6, 6.07) is 17.4. The minimum atomic E-state index is -1.17. The topological polar surface area (TPSA) is 62.7 Å². The molecular formula is C27H31FN2O3S. The SMILES string of the molecule is COc1ccc2nccc(C(F)CC[C@@H]3CCN(CCSc4ccccc4)C[C@@H]3C(=O)O)c2c1. The molecule has 1 saturated heterocycles. The van der Waals surface area contributed by atoms with Crippen molar-refractivity contribution in [3.8, 4) is 5.75 Å². The molecule has 1 aromatic heterocycles. The van der Waals surface area contributed by atoms with Crippen molar-refractivity contribution in [3.63, 3.8) is 0 Å². The summed E-state index contributed by atoms with van der Waals surface area (Å²) >= 11 is 1.79. The van der Waals surface area contributed by atoms with Gasteiger partial charge in [-0.25, -0.2) is 4.39 Å². The first-order valence-corrected chi connectivity index (χ1v) is 12.7. The number of nitrogens with zero attached hydrogens (tertiary/aromatic N) is 2. The highest BCUT2D eigenvalue weighted by Crippen LogP contribution is 2.35. The van der Waals surface area contributed by atoms with Crippen LogP contribution in [-0.4, -0.2) is 53.5 Å². The van der Waals surface area contributed by atoms with Gasteiger partial charge in [0.2, 0.25) is 0 Å². The molecule has 4 rings (SSSR count). The van der Waals surface area contributed by atoms with Gasteiger partial charge in [0.1, 0.15) is 11.9 Å². The Labute approximate surface area is 204 Å². The average molecular weight is 483 g/mol. The molecule has 3 atom stereocenters. The number of carbonyl (C=O) groups is 1. The Hall–Kier alpha value is -2.64. The first-order chi connectivity index (χ1) is 16.5. The Morgan fingerprint density at radius 1 is 1.26 bits per heavy atom. The van der Waals surface area contributed by atoms with Crippen molar-refractivity contribution < 1.29 is 19.0 Å². The van der Waals surface area contributed by atoms with Gasteiger partial charge in [-0.15, -0.1) is 11.8 Å². The van der Waals surface area contributed by atoms with Gasteiger partial charge in [-0.2, -0.15) is 0 Å². The van der Waals surface area contributed by atoms with Crippen LogP contribution in [0.5, 0.6) is 5.75 Å². The molecule has 0 radical (unpaired) electrons. The molecule has 0 bridgehead atoms. The maximum Gasteiger partial charge on any atom is 0.308 e. The summed E-state index contributed by atoms with van der Waals surface area (Å²) in [5.41, 5.74) is 1.32. The normalized spacial score (nSPS) is 19.7. The van der Waals surface area contributed by atoms with Gasteiger partial charge in [-0.3, -0.25) is 9.78 Å². The quantitative estimate of drug-likeness (QED) is 0.366. The van der Waals surface area contributed by atoms with Gasteiger partial charge in [-0.05, 0) is 73.7 Å². The molecule has 3 aromatic rings. The number of ether oxygens (including phenoxy) is 1. The second kappa shape index (κ2) is 11.7. The summed E-state index contributed by atoms with van der Waals surface area (Å²) in [6.45, 7) is 2.24. The van der Waals surface area contributed by atoms with E-state index in [2.05, 4.69) is 22.0 Å². The van der Waals surface area contributed by atoms with Crippen LogP contribution in [0, 0.1) is 11.8 Å². The number of likely N-dealkylation sites (tertiary alicyclic amines) is 1. The van der Waals surface area contributed by atoms with E-state index in [-0.39, 0.29) is 5.92 Å². The van der Waals surface area contributed by atoms with Crippen LogP contribution in [-0.2, 0) is 4.79 Å². The van der Waals surface area contributed by atoms with Crippen LogP contribution in [0.1, 0.15) is 31.0 Å². The number of carboxylic acids is 1. The Bertz CT molecular complexity index is 1100.